The van der Waals surface area contributed by atoms with Crippen molar-refractivity contribution in [1.82, 2.24) is 0 Å². The number of carbonyl (C=O) groups is 1. The summed E-state index contributed by atoms with van der Waals surface area (Å²) >= 11 is 9.11. The van der Waals surface area contributed by atoms with E-state index in [0.717, 1.165) is 0 Å². The van der Waals surface area contributed by atoms with Gasteiger partial charge in [-0.05, 0) is 40.2 Å². The zero-order chi connectivity index (χ0) is 12.4. The maximum atomic E-state index is 12.2. The number of benzene rings is 1. The average molecular weight is 316 g/mol. The second kappa shape index (κ2) is 4.94. The van der Waals surface area contributed by atoms with Gasteiger partial charge in [0.25, 0.3) is 0 Å². The van der Waals surface area contributed by atoms with Crippen molar-refractivity contribution in [1.29, 1.82) is 0 Å². The Labute approximate surface area is 111 Å². The fourth-order valence-corrected chi connectivity index (χ4v) is 1.99. The van der Waals surface area contributed by atoms with Crippen molar-refractivity contribution in [2.75, 3.05) is 7.11 Å². The molecule has 88 valence electrons. The molecule has 0 saturated carbocycles. The molecule has 1 aromatic carbocycles. The molecule has 0 unspecified atom stereocenters. The van der Waals surface area contributed by atoms with Crippen molar-refractivity contribution < 1.29 is 13.9 Å². The normalized spacial score (nSPS) is 10.3. The van der Waals surface area contributed by atoms with Gasteiger partial charge in [0.2, 0.25) is 5.78 Å². The van der Waals surface area contributed by atoms with E-state index in [1.54, 1.807) is 24.3 Å². The van der Waals surface area contributed by atoms with Crippen molar-refractivity contribution in [2.45, 2.75) is 0 Å². The van der Waals surface area contributed by atoms with Crippen LogP contribution in [0.4, 0.5) is 0 Å². The van der Waals surface area contributed by atoms with Crippen molar-refractivity contribution in [3.8, 4) is 5.75 Å². The summed E-state index contributed by atoms with van der Waals surface area (Å²) in [6, 6.07) is 6.52. The van der Waals surface area contributed by atoms with Crippen LogP contribution in [-0.4, -0.2) is 12.9 Å². The Morgan fingerprint density at radius 1 is 1.41 bits per heavy atom. The summed E-state index contributed by atoms with van der Waals surface area (Å²) in [5.41, 5.74) is 0.371. The molecule has 0 N–H and O–H groups in total. The van der Waals surface area contributed by atoms with Crippen LogP contribution in [-0.2, 0) is 0 Å². The number of furan rings is 1. The van der Waals surface area contributed by atoms with E-state index in [4.69, 9.17) is 20.8 Å². The second-order valence-corrected chi connectivity index (χ2v) is 4.56. The zero-order valence-electron chi connectivity index (χ0n) is 8.87. The highest BCUT2D eigenvalue weighted by molar-refractivity contribution is 9.10. The molecule has 2 rings (SSSR count). The van der Waals surface area contributed by atoms with E-state index < -0.39 is 0 Å². The Balaban J connectivity index is 2.50. The Bertz CT molecular complexity index is 563. The highest BCUT2D eigenvalue weighted by atomic mass is 79.9. The first-order valence-electron chi connectivity index (χ1n) is 4.74. The Kier molecular flexibility index (Phi) is 3.54. The quantitative estimate of drug-likeness (QED) is 0.806. The molecule has 3 nitrogen and oxygen atoms in total. The van der Waals surface area contributed by atoms with Crippen LogP contribution in [0.3, 0.4) is 0 Å². The van der Waals surface area contributed by atoms with Crippen LogP contribution in [0.25, 0.3) is 0 Å². The first-order valence-corrected chi connectivity index (χ1v) is 5.92. The molecule has 2 aromatic rings. The molecule has 0 aliphatic carbocycles. The number of hydrogen-bond donors (Lipinski definition) is 0. The molecule has 5 heteroatoms. The minimum absolute atomic E-state index is 0.227. The first-order chi connectivity index (χ1) is 8.13. The molecule has 1 aromatic heterocycles. The smallest absolute Gasteiger partial charge is 0.233 e. The Morgan fingerprint density at radius 3 is 2.76 bits per heavy atom. The van der Waals surface area contributed by atoms with Crippen molar-refractivity contribution in [3.05, 3.63) is 51.3 Å². The Morgan fingerprint density at radius 2 is 2.18 bits per heavy atom. The molecule has 0 amide bonds. The topological polar surface area (TPSA) is 39.4 Å². The zero-order valence-corrected chi connectivity index (χ0v) is 11.2. The number of methoxy groups -OCH3 is 1. The molecule has 0 radical (unpaired) electrons. The molecule has 1 heterocycles. The number of rotatable bonds is 3. The van der Waals surface area contributed by atoms with E-state index in [9.17, 15) is 4.79 Å². The second-order valence-electron chi connectivity index (χ2n) is 3.27. The lowest BCUT2D eigenvalue weighted by molar-refractivity contribution is 0.100. The summed E-state index contributed by atoms with van der Waals surface area (Å²) in [6.45, 7) is 0. The Hall–Kier alpha value is -1.26. The van der Waals surface area contributed by atoms with E-state index in [-0.39, 0.29) is 11.5 Å². The molecule has 0 fully saturated rings. The van der Waals surface area contributed by atoms with Crippen LogP contribution in [0.15, 0.2) is 39.4 Å². The lowest BCUT2D eigenvalue weighted by Gasteiger charge is -2.06. The van der Waals surface area contributed by atoms with Crippen molar-refractivity contribution in [2.24, 2.45) is 0 Å². The van der Waals surface area contributed by atoms with Crippen LogP contribution in [0.5, 0.6) is 5.75 Å². The average Bonchev–Trinajstić information content (AvgIpc) is 2.74. The van der Waals surface area contributed by atoms with Crippen LogP contribution >= 0.6 is 27.5 Å². The van der Waals surface area contributed by atoms with Crippen LogP contribution in [0.1, 0.15) is 16.1 Å². The molecule has 17 heavy (non-hydrogen) atoms. The van der Waals surface area contributed by atoms with Gasteiger partial charge in [0.05, 0.1) is 23.4 Å². The minimum atomic E-state index is -0.277. The fourth-order valence-electron chi connectivity index (χ4n) is 1.44. The van der Waals surface area contributed by atoms with Gasteiger partial charge >= 0.3 is 0 Å². The van der Waals surface area contributed by atoms with Gasteiger partial charge in [0.1, 0.15) is 5.75 Å². The van der Waals surface area contributed by atoms with Gasteiger partial charge in [-0.1, -0.05) is 11.6 Å². The molecular formula is C12H8BrClO3. The predicted molar refractivity (Wildman–Crippen MR) is 67.8 cm³/mol. The highest BCUT2D eigenvalue weighted by Gasteiger charge is 2.20. The van der Waals surface area contributed by atoms with Gasteiger partial charge in [-0.15, -0.1) is 0 Å². The molecule has 0 spiro atoms. The van der Waals surface area contributed by atoms with Crippen molar-refractivity contribution >= 4 is 33.3 Å². The number of ketones is 1. The number of hydrogen-bond acceptors (Lipinski definition) is 3. The third-order valence-corrected chi connectivity index (χ3v) is 3.09. The first kappa shape index (κ1) is 12.2. The van der Waals surface area contributed by atoms with Crippen LogP contribution in [0.2, 0.25) is 5.02 Å². The summed E-state index contributed by atoms with van der Waals surface area (Å²) in [5.74, 6) is 0.412. The molecule has 0 saturated heterocycles. The van der Waals surface area contributed by atoms with E-state index in [0.29, 0.717) is 20.8 Å². The minimum Gasteiger partial charge on any atom is -0.496 e. The SMILES string of the molecule is COc1ccc(Cl)cc1C(=O)c1occc1Br. The third kappa shape index (κ3) is 2.37. The summed E-state index contributed by atoms with van der Waals surface area (Å²) in [7, 11) is 1.50. The third-order valence-electron chi connectivity index (χ3n) is 2.23. The number of halogens is 2. The summed E-state index contributed by atoms with van der Waals surface area (Å²) in [6.07, 6.45) is 1.44. The summed E-state index contributed by atoms with van der Waals surface area (Å²) in [5, 5.41) is 0.469. The van der Waals surface area contributed by atoms with E-state index in [1.165, 1.54) is 13.4 Å². The number of carbonyl (C=O) groups excluding carboxylic acids is 1. The molecule has 0 aliphatic heterocycles. The van der Waals surface area contributed by atoms with E-state index in [1.807, 2.05) is 0 Å². The maximum absolute atomic E-state index is 12.2. The van der Waals surface area contributed by atoms with Gasteiger partial charge in [-0.25, -0.2) is 0 Å². The predicted octanol–water partition coefficient (Wildman–Crippen LogP) is 3.94. The highest BCUT2D eigenvalue weighted by Crippen LogP contribution is 2.28. The van der Waals surface area contributed by atoms with Gasteiger partial charge < -0.3 is 9.15 Å². The van der Waals surface area contributed by atoms with Crippen LogP contribution < -0.4 is 4.74 Å². The molecular weight excluding hydrogens is 307 g/mol. The number of ether oxygens (including phenoxy) is 1. The van der Waals surface area contributed by atoms with Gasteiger partial charge in [0.15, 0.2) is 5.76 Å². The maximum Gasteiger partial charge on any atom is 0.233 e. The lowest BCUT2D eigenvalue weighted by atomic mass is 10.1. The summed E-state index contributed by atoms with van der Waals surface area (Å²) in [4.78, 5) is 12.2. The van der Waals surface area contributed by atoms with E-state index >= 15 is 0 Å². The van der Waals surface area contributed by atoms with Crippen LogP contribution in [0, 0.1) is 0 Å². The molecule has 0 aliphatic rings. The molecule has 0 atom stereocenters. The van der Waals surface area contributed by atoms with Crippen molar-refractivity contribution in [3.63, 3.8) is 0 Å². The molecule has 0 bridgehead atoms. The summed E-state index contributed by atoms with van der Waals surface area (Å²) < 4.78 is 10.8. The van der Waals surface area contributed by atoms with Gasteiger partial charge in [-0.2, -0.15) is 0 Å². The van der Waals surface area contributed by atoms with E-state index in [2.05, 4.69) is 15.9 Å². The monoisotopic (exact) mass is 314 g/mol. The van der Waals surface area contributed by atoms with Gasteiger partial charge in [-0.3, -0.25) is 4.79 Å². The lowest BCUT2D eigenvalue weighted by Crippen LogP contribution is -2.03. The fraction of sp³-hybridized carbons (Fsp3) is 0.0833. The van der Waals surface area contributed by atoms with Gasteiger partial charge in [0, 0.05) is 5.02 Å². The standard InChI is InChI=1S/C12H8BrClO3/c1-16-10-3-2-7(14)6-8(10)11(15)12-9(13)4-5-17-12/h2-6H,1H3. The largest absolute Gasteiger partial charge is 0.496 e.